The Morgan fingerprint density at radius 3 is 2.29 bits per heavy atom. The zero-order chi connectivity index (χ0) is 10.6. The fraction of sp³-hybridized carbons (Fsp3) is 0.111. The molecule has 0 fully saturated rings. The molecule has 74 valence electrons. The van der Waals surface area contributed by atoms with Crippen LogP contribution < -0.4 is 16.8 Å². The Morgan fingerprint density at radius 1 is 1.21 bits per heavy atom. The minimum atomic E-state index is -0.901. The summed E-state index contributed by atoms with van der Waals surface area (Å²) < 4.78 is 0. The van der Waals surface area contributed by atoms with Gasteiger partial charge < -0.3 is 11.5 Å². The molecule has 0 saturated heterocycles. The zero-order valence-electron chi connectivity index (χ0n) is 7.44. The zero-order valence-corrected chi connectivity index (χ0v) is 7.44. The highest BCUT2D eigenvalue weighted by Gasteiger charge is 2.16. The fourth-order valence-electron chi connectivity index (χ4n) is 1.01. The van der Waals surface area contributed by atoms with Crippen LogP contribution in [0.4, 0.5) is 4.79 Å². The Balaban J connectivity index is 2.71. The molecule has 1 aromatic rings. The molecule has 1 atom stereocenters. The molecule has 0 heterocycles. The van der Waals surface area contributed by atoms with E-state index >= 15 is 0 Å². The first kappa shape index (κ1) is 10.2. The third kappa shape index (κ3) is 2.56. The highest BCUT2D eigenvalue weighted by atomic mass is 16.2. The number of benzene rings is 1. The summed E-state index contributed by atoms with van der Waals surface area (Å²) in [5.41, 5.74) is 11.0. The number of carbonyl (C=O) groups is 2. The van der Waals surface area contributed by atoms with Crippen molar-refractivity contribution in [3.63, 3.8) is 0 Å². The summed E-state index contributed by atoms with van der Waals surface area (Å²) in [6, 6.07) is 6.95. The Labute approximate surface area is 81.1 Å². The number of urea groups is 1. The quantitative estimate of drug-likeness (QED) is 0.610. The SMILES string of the molecule is NC(=O)NC(=O)[C@H](N)c1ccccc1. The molecule has 1 rings (SSSR count). The van der Waals surface area contributed by atoms with Crippen molar-refractivity contribution < 1.29 is 9.59 Å². The van der Waals surface area contributed by atoms with Gasteiger partial charge in [0.15, 0.2) is 0 Å². The Morgan fingerprint density at radius 2 is 1.79 bits per heavy atom. The van der Waals surface area contributed by atoms with E-state index in [1.54, 1.807) is 24.3 Å². The second kappa shape index (κ2) is 4.38. The van der Waals surface area contributed by atoms with Gasteiger partial charge in [-0.1, -0.05) is 30.3 Å². The standard InChI is InChI=1S/C9H11N3O2/c10-7(8(13)12-9(11)14)6-4-2-1-3-5-6/h1-5,7H,10H2,(H3,11,12,13,14)/t7-/m1/s1. The van der Waals surface area contributed by atoms with Crippen LogP contribution in [0.2, 0.25) is 0 Å². The van der Waals surface area contributed by atoms with Crippen LogP contribution in [0, 0.1) is 0 Å². The number of hydrogen-bond acceptors (Lipinski definition) is 3. The van der Waals surface area contributed by atoms with E-state index in [0.29, 0.717) is 5.56 Å². The number of imide groups is 1. The summed E-state index contributed by atoms with van der Waals surface area (Å²) in [5.74, 6) is -0.608. The first-order valence-corrected chi connectivity index (χ1v) is 4.02. The highest BCUT2D eigenvalue weighted by Crippen LogP contribution is 2.08. The molecule has 5 heteroatoms. The van der Waals surface area contributed by atoms with E-state index in [9.17, 15) is 9.59 Å². The molecule has 0 radical (unpaired) electrons. The van der Waals surface area contributed by atoms with Crippen molar-refractivity contribution in [2.45, 2.75) is 6.04 Å². The predicted octanol–water partition coefficient (Wildman–Crippen LogP) is -0.119. The average molecular weight is 193 g/mol. The van der Waals surface area contributed by atoms with Crippen LogP contribution in [0.15, 0.2) is 30.3 Å². The van der Waals surface area contributed by atoms with Crippen LogP contribution in [0.5, 0.6) is 0 Å². The molecule has 1 aromatic carbocycles. The third-order valence-corrected chi connectivity index (χ3v) is 1.69. The van der Waals surface area contributed by atoms with Gasteiger partial charge in [0.05, 0.1) is 0 Å². The van der Waals surface area contributed by atoms with Crippen molar-refractivity contribution in [1.82, 2.24) is 5.32 Å². The molecule has 14 heavy (non-hydrogen) atoms. The monoisotopic (exact) mass is 193 g/mol. The van der Waals surface area contributed by atoms with E-state index in [1.807, 2.05) is 11.4 Å². The molecular formula is C9H11N3O2. The van der Waals surface area contributed by atoms with Gasteiger partial charge in [-0.3, -0.25) is 10.1 Å². The molecule has 0 bridgehead atoms. The Bertz CT molecular complexity index is 337. The first-order chi connectivity index (χ1) is 6.61. The normalized spacial score (nSPS) is 11.8. The lowest BCUT2D eigenvalue weighted by molar-refractivity contribution is -0.121. The van der Waals surface area contributed by atoms with Crippen molar-refractivity contribution in [1.29, 1.82) is 0 Å². The molecule has 0 saturated carbocycles. The van der Waals surface area contributed by atoms with Crippen molar-refractivity contribution in [3.8, 4) is 0 Å². The number of carbonyl (C=O) groups excluding carboxylic acids is 2. The van der Waals surface area contributed by atoms with Crippen molar-refractivity contribution in [2.75, 3.05) is 0 Å². The van der Waals surface area contributed by atoms with Crippen LogP contribution in [-0.4, -0.2) is 11.9 Å². The van der Waals surface area contributed by atoms with E-state index in [4.69, 9.17) is 11.5 Å². The minimum Gasteiger partial charge on any atom is -0.351 e. The van der Waals surface area contributed by atoms with Crippen molar-refractivity contribution >= 4 is 11.9 Å². The van der Waals surface area contributed by atoms with Gasteiger partial charge in [-0.2, -0.15) is 0 Å². The largest absolute Gasteiger partial charge is 0.351 e. The maximum absolute atomic E-state index is 11.2. The topological polar surface area (TPSA) is 98.2 Å². The van der Waals surface area contributed by atoms with E-state index in [0.717, 1.165) is 0 Å². The van der Waals surface area contributed by atoms with Crippen LogP contribution in [0.1, 0.15) is 11.6 Å². The molecule has 3 amide bonds. The molecule has 0 aliphatic heterocycles. The van der Waals surface area contributed by atoms with Gasteiger partial charge in [0, 0.05) is 0 Å². The lowest BCUT2D eigenvalue weighted by Gasteiger charge is -2.09. The number of rotatable bonds is 2. The van der Waals surface area contributed by atoms with Gasteiger partial charge in [0.25, 0.3) is 0 Å². The second-order valence-electron chi connectivity index (χ2n) is 2.74. The third-order valence-electron chi connectivity index (χ3n) is 1.69. The smallest absolute Gasteiger partial charge is 0.318 e. The number of nitrogens with two attached hydrogens (primary N) is 2. The molecule has 0 aromatic heterocycles. The summed E-state index contributed by atoms with van der Waals surface area (Å²) in [6.07, 6.45) is 0. The molecule has 5 N–H and O–H groups in total. The second-order valence-corrected chi connectivity index (χ2v) is 2.74. The van der Waals surface area contributed by atoms with E-state index < -0.39 is 18.0 Å². The van der Waals surface area contributed by atoms with Gasteiger partial charge in [-0.05, 0) is 5.56 Å². The molecule has 0 aliphatic rings. The molecule has 5 nitrogen and oxygen atoms in total. The van der Waals surface area contributed by atoms with Crippen LogP contribution in [0.25, 0.3) is 0 Å². The summed E-state index contributed by atoms with van der Waals surface area (Å²) in [5, 5.41) is 1.92. The molecular weight excluding hydrogens is 182 g/mol. The Kier molecular flexibility index (Phi) is 3.19. The van der Waals surface area contributed by atoms with Gasteiger partial charge in [-0.15, -0.1) is 0 Å². The summed E-state index contributed by atoms with van der Waals surface area (Å²) in [6.45, 7) is 0. The summed E-state index contributed by atoms with van der Waals surface area (Å²) >= 11 is 0. The van der Waals surface area contributed by atoms with Crippen molar-refractivity contribution in [2.24, 2.45) is 11.5 Å². The number of amides is 3. The lowest BCUT2D eigenvalue weighted by Crippen LogP contribution is -2.40. The number of nitrogens with one attached hydrogen (secondary N) is 1. The fourth-order valence-corrected chi connectivity index (χ4v) is 1.01. The van der Waals surface area contributed by atoms with Gasteiger partial charge >= 0.3 is 6.03 Å². The van der Waals surface area contributed by atoms with Gasteiger partial charge in [-0.25, -0.2) is 4.79 Å². The molecule has 0 aliphatic carbocycles. The predicted molar refractivity (Wildman–Crippen MR) is 51.1 cm³/mol. The van der Waals surface area contributed by atoms with E-state index in [1.165, 1.54) is 0 Å². The minimum absolute atomic E-state index is 0.608. The summed E-state index contributed by atoms with van der Waals surface area (Å²) in [7, 11) is 0. The maximum Gasteiger partial charge on any atom is 0.318 e. The molecule has 0 unspecified atom stereocenters. The lowest BCUT2D eigenvalue weighted by atomic mass is 10.1. The van der Waals surface area contributed by atoms with Crippen molar-refractivity contribution in [3.05, 3.63) is 35.9 Å². The maximum atomic E-state index is 11.2. The molecule has 0 spiro atoms. The Hall–Kier alpha value is -1.88. The van der Waals surface area contributed by atoms with E-state index in [2.05, 4.69) is 0 Å². The summed E-state index contributed by atoms with van der Waals surface area (Å²) in [4.78, 5) is 21.6. The van der Waals surface area contributed by atoms with Crippen LogP contribution in [-0.2, 0) is 4.79 Å². The van der Waals surface area contributed by atoms with Crippen LogP contribution in [0.3, 0.4) is 0 Å². The van der Waals surface area contributed by atoms with E-state index in [-0.39, 0.29) is 0 Å². The number of hydrogen-bond donors (Lipinski definition) is 3. The average Bonchev–Trinajstić information content (AvgIpc) is 2.17. The van der Waals surface area contributed by atoms with Crippen LogP contribution >= 0.6 is 0 Å². The number of primary amides is 1. The van der Waals surface area contributed by atoms with Gasteiger partial charge in [0.1, 0.15) is 6.04 Å². The highest BCUT2D eigenvalue weighted by molar-refractivity contribution is 5.96. The first-order valence-electron chi connectivity index (χ1n) is 4.02. The van der Waals surface area contributed by atoms with Gasteiger partial charge in [0.2, 0.25) is 5.91 Å².